The Labute approximate surface area is 157 Å². The molecule has 6 heteroatoms. The topological polar surface area (TPSA) is 64.3 Å². The summed E-state index contributed by atoms with van der Waals surface area (Å²) in [5.41, 5.74) is 5.71. The quantitative estimate of drug-likeness (QED) is 0.566. The van der Waals surface area contributed by atoms with Crippen LogP contribution in [-0.4, -0.2) is 26.7 Å². The van der Waals surface area contributed by atoms with Crippen molar-refractivity contribution in [1.82, 2.24) is 19.6 Å². The molecule has 2 aromatic heterocycles. The van der Waals surface area contributed by atoms with Gasteiger partial charge in [0.05, 0.1) is 12.3 Å². The van der Waals surface area contributed by atoms with Gasteiger partial charge in [-0.05, 0) is 23.6 Å². The molecule has 0 aliphatic rings. The van der Waals surface area contributed by atoms with Crippen molar-refractivity contribution in [2.75, 3.05) is 12.4 Å². The highest BCUT2D eigenvalue weighted by Gasteiger charge is 2.07. The molecule has 0 radical (unpaired) electrons. The molecule has 0 saturated heterocycles. The molecule has 1 N–H and O–H groups in total. The first-order valence-corrected chi connectivity index (χ1v) is 8.81. The van der Waals surface area contributed by atoms with Crippen LogP contribution in [-0.2, 0) is 17.9 Å². The number of ether oxygens (including phenoxy) is 1. The van der Waals surface area contributed by atoms with E-state index in [0.29, 0.717) is 18.9 Å². The van der Waals surface area contributed by atoms with E-state index in [4.69, 9.17) is 4.74 Å². The van der Waals surface area contributed by atoms with Crippen LogP contribution in [0.5, 0.6) is 0 Å². The van der Waals surface area contributed by atoms with Gasteiger partial charge in [0.2, 0.25) is 0 Å². The third-order valence-electron chi connectivity index (χ3n) is 4.38. The summed E-state index contributed by atoms with van der Waals surface area (Å²) in [6, 6.07) is 19.1. The summed E-state index contributed by atoms with van der Waals surface area (Å²) in [5.74, 6) is 1.40. The van der Waals surface area contributed by atoms with Crippen molar-refractivity contribution in [3.8, 4) is 11.1 Å². The predicted octanol–water partition coefficient (Wildman–Crippen LogP) is 3.86. The number of methoxy groups -OCH3 is 1. The second-order valence-electron chi connectivity index (χ2n) is 6.46. The van der Waals surface area contributed by atoms with E-state index < -0.39 is 0 Å². The Morgan fingerprint density at radius 3 is 2.67 bits per heavy atom. The molecular formula is C21H21N5O. The number of rotatable bonds is 6. The van der Waals surface area contributed by atoms with E-state index in [2.05, 4.69) is 75.8 Å². The number of benzene rings is 2. The number of nitrogens with one attached hydrogen (secondary N) is 1. The first-order valence-electron chi connectivity index (χ1n) is 8.81. The number of anilines is 1. The van der Waals surface area contributed by atoms with Gasteiger partial charge in [-0.15, -0.1) is 0 Å². The second-order valence-corrected chi connectivity index (χ2v) is 6.46. The summed E-state index contributed by atoms with van der Waals surface area (Å²) < 4.78 is 6.88. The number of hydrogen-bond donors (Lipinski definition) is 1. The van der Waals surface area contributed by atoms with Crippen molar-refractivity contribution >= 4 is 11.6 Å². The molecule has 0 aliphatic heterocycles. The van der Waals surface area contributed by atoms with E-state index in [1.807, 2.05) is 6.07 Å². The average Bonchev–Trinajstić information content (AvgIpc) is 3.15. The Kier molecular flexibility index (Phi) is 4.80. The molecule has 0 saturated carbocycles. The molecule has 0 unspecified atom stereocenters. The fourth-order valence-electron chi connectivity index (χ4n) is 3.04. The largest absolute Gasteiger partial charge is 0.378 e. The summed E-state index contributed by atoms with van der Waals surface area (Å²) in [5, 5.41) is 7.66. The minimum atomic E-state index is 0.434. The maximum atomic E-state index is 5.19. The Morgan fingerprint density at radius 2 is 1.89 bits per heavy atom. The highest BCUT2D eigenvalue weighted by Crippen LogP contribution is 2.21. The molecule has 0 bridgehead atoms. The van der Waals surface area contributed by atoms with Gasteiger partial charge >= 0.3 is 0 Å². The van der Waals surface area contributed by atoms with Crippen LogP contribution in [0.2, 0.25) is 0 Å². The molecule has 0 fully saturated rings. The Bertz CT molecular complexity index is 1060. The van der Waals surface area contributed by atoms with Crippen LogP contribution in [0.15, 0.2) is 60.9 Å². The number of aromatic nitrogens is 4. The zero-order chi connectivity index (χ0) is 18.6. The molecule has 2 heterocycles. The summed E-state index contributed by atoms with van der Waals surface area (Å²) in [7, 11) is 1.65. The summed E-state index contributed by atoms with van der Waals surface area (Å²) in [6.45, 7) is 3.22. The average molecular weight is 359 g/mol. The molecule has 0 aliphatic carbocycles. The van der Waals surface area contributed by atoms with Gasteiger partial charge in [-0.2, -0.15) is 14.6 Å². The fourth-order valence-corrected chi connectivity index (χ4v) is 3.04. The van der Waals surface area contributed by atoms with Gasteiger partial charge in [-0.3, -0.25) is 0 Å². The molecule has 0 spiro atoms. The molecular weight excluding hydrogens is 338 g/mol. The van der Waals surface area contributed by atoms with Crippen LogP contribution in [0.1, 0.15) is 16.8 Å². The fraction of sp³-hybridized carbons (Fsp3) is 0.190. The van der Waals surface area contributed by atoms with Crippen molar-refractivity contribution in [1.29, 1.82) is 0 Å². The van der Waals surface area contributed by atoms with Crippen molar-refractivity contribution < 1.29 is 4.74 Å². The molecule has 4 rings (SSSR count). The molecule has 4 aromatic rings. The van der Waals surface area contributed by atoms with Crippen LogP contribution >= 0.6 is 0 Å². The van der Waals surface area contributed by atoms with Gasteiger partial charge in [0.25, 0.3) is 5.78 Å². The summed E-state index contributed by atoms with van der Waals surface area (Å²) >= 11 is 0. The lowest BCUT2D eigenvalue weighted by molar-refractivity contribution is 0.181. The van der Waals surface area contributed by atoms with E-state index >= 15 is 0 Å². The van der Waals surface area contributed by atoms with E-state index in [0.717, 1.165) is 11.5 Å². The van der Waals surface area contributed by atoms with Gasteiger partial charge in [0, 0.05) is 19.7 Å². The summed E-state index contributed by atoms with van der Waals surface area (Å²) in [6.07, 6.45) is 1.50. The van der Waals surface area contributed by atoms with Gasteiger partial charge in [0.15, 0.2) is 0 Å². The molecule has 136 valence electrons. The number of nitrogens with zero attached hydrogens (tertiary/aromatic N) is 4. The smallest absolute Gasteiger partial charge is 0.254 e. The molecule has 27 heavy (non-hydrogen) atoms. The predicted molar refractivity (Wildman–Crippen MR) is 105 cm³/mol. The van der Waals surface area contributed by atoms with Crippen LogP contribution in [0.4, 0.5) is 5.82 Å². The molecule has 2 aromatic carbocycles. The van der Waals surface area contributed by atoms with Gasteiger partial charge in [-0.1, -0.05) is 54.1 Å². The Hall–Kier alpha value is -3.25. The highest BCUT2D eigenvalue weighted by molar-refractivity contribution is 5.64. The molecule has 0 amide bonds. The lowest BCUT2D eigenvalue weighted by Gasteiger charge is -2.10. The Balaban J connectivity index is 1.52. The third-order valence-corrected chi connectivity index (χ3v) is 4.38. The zero-order valence-electron chi connectivity index (χ0n) is 15.4. The Morgan fingerprint density at radius 1 is 1.04 bits per heavy atom. The lowest BCUT2D eigenvalue weighted by atomic mass is 10.0. The number of fused-ring (bicyclic) bond motifs is 1. The number of aryl methyl sites for hydroxylation is 1. The first kappa shape index (κ1) is 17.2. The van der Waals surface area contributed by atoms with E-state index in [9.17, 15) is 0 Å². The van der Waals surface area contributed by atoms with E-state index in [-0.39, 0.29) is 0 Å². The van der Waals surface area contributed by atoms with Gasteiger partial charge in [-0.25, -0.2) is 4.98 Å². The maximum Gasteiger partial charge on any atom is 0.254 e. The van der Waals surface area contributed by atoms with Crippen molar-refractivity contribution in [3.63, 3.8) is 0 Å². The van der Waals surface area contributed by atoms with Crippen LogP contribution in [0.25, 0.3) is 16.9 Å². The minimum absolute atomic E-state index is 0.434. The van der Waals surface area contributed by atoms with Crippen molar-refractivity contribution in [2.45, 2.75) is 20.1 Å². The lowest BCUT2D eigenvalue weighted by Crippen LogP contribution is -2.08. The zero-order valence-corrected chi connectivity index (χ0v) is 15.4. The normalized spacial score (nSPS) is 11.0. The minimum Gasteiger partial charge on any atom is -0.378 e. The van der Waals surface area contributed by atoms with E-state index in [1.165, 1.54) is 28.6 Å². The standard InChI is InChI=1S/C21H21N5O/c1-15-4-3-5-18(10-15)17-8-6-16(7-9-17)12-22-20-11-19(13-27-2)25-21-23-14-24-26(20)21/h3-11,14,22H,12-13H2,1-2H3. The van der Waals surface area contributed by atoms with Crippen molar-refractivity contribution in [2.24, 2.45) is 0 Å². The SMILES string of the molecule is COCc1cc(NCc2ccc(-c3cccc(C)c3)cc2)n2ncnc2n1. The second kappa shape index (κ2) is 7.55. The van der Waals surface area contributed by atoms with Gasteiger partial charge < -0.3 is 10.1 Å². The van der Waals surface area contributed by atoms with Crippen LogP contribution in [0.3, 0.4) is 0 Å². The van der Waals surface area contributed by atoms with E-state index in [1.54, 1.807) is 11.6 Å². The summed E-state index contributed by atoms with van der Waals surface area (Å²) in [4.78, 5) is 8.59. The third kappa shape index (κ3) is 3.80. The van der Waals surface area contributed by atoms with Crippen LogP contribution < -0.4 is 5.32 Å². The first-order chi connectivity index (χ1) is 13.2. The maximum absolute atomic E-state index is 5.19. The van der Waals surface area contributed by atoms with Gasteiger partial charge in [0.1, 0.15) is 12.1 Å². The molecule has 6 nitrogen and oxygen atoms in total. The number of hydrogen-bond acceptors (Lipinski definition) is 5. The highest BCUT2D eigenvalue weighted by atomic mass is 16.5. The van der Waals surface area contributed by atoms with Crippen molar-refractivity contribution in [3.05, 3.63) is 77.7 Å². The molecule has 0 atom stereocenters. The monoisotopic (exact) mass is 359 g/mol. The van der Waals surface area contributed by atoms with Crippen LogP contribution in [0, 0.1) is 6.92 Å².